The van der Waals surface area contributed by atoms with Gasteiger partial charge in [0.05, 0.1) is 0 Å². The molecule has 0 bridgehead atoms. The summed E-state index contributed by atoms with van der Waals surface area (Å²) in [5, 5.41) is 3.43. The highest BCUT2D eigenvalue weighted by Crippen LogP contribution is 2.27. The van der Waals surface area contributed by atoms with Gasteiger partial charge in [0.25, 0.3) is 0 Å². The second kappa shape index (κ2) is 7.39. The van der Waals surface area contributed by atoms with Crippen molar-refractivity contribution in [1.82, 2.24) is 10.2 Å². The van der Waals surface area contributed by atoms with Crippen molar-refractivity contribution in [3.8, 4) is 11.1 Å². The second-order valence-corrected chi connectivity index (χ2v) is 5.81. The zero-order valence-corrected chi connectivity index (χ0v) is 13.0. The van der Waals surface area contributed by atoms with Crippen LogP contribution >= 0.6 is 0 Å². The van der Waals surface area contributed by atoms with Gasteiger partial charge in [0.15, 0.2) is 0 Å². The molecule has 0 amide bonds. The smallest absolute Gasteiger partial charge is 0.0383 e. The maximum absolute atomic E-state index is 3.94. The van der Waals surface area contributed by atoms with Gasteiger partial charge in [-0.05, 0) is 23.1 Å². The maximum atomic E-state index is 3.94. The molecular weight excluding hydrogens is 268 g/mol. The van der Waals surface area contributed by atoms with Gasteiger partial charge in [0.1, 0.15) is 0 Å². The van der Waals surface area contributed by atoms with Crippen LogP contribution in [0, 0.1) is 0 Å². The third-order valence-corrected chi connectivity index (χ3v) is 4.38. The van der Waals surface area contributed by atoms with Crippen LogP contribution in [0.5, 0.6) is 0 Å². The number of hydrogen-bond acceptors (Lipinski definition) is 2. The highest BCUT2D eigenvalue weighted by molar-refractivity contribution is 5.63. The standard InChI is InChI=1S/C20H24N2/c1-2-6-20(22-15-13-21-14-16-22)19-11-9-18(10-12-19)17-7-4-3-5-8-17/h2-5,7-12,20-21H,1,6,13-16H2/t20-/m1/s1. The lowest BCUT2D eigenvalue weighted by Crippen LogP contribution is -2.45. The zero-order valence-electron chi connectivity index (χ0n) is 13.0. The minimum Gasteiger partial charge on any atom is -0.314 e. The first-order valence-corrected chi connectivity index (χ1v) is 8.09. The van der Waals surface area contributed by atoms with Crippen LogP contribution in [0.15, 0.2) is 67.3 Å². The van der Waals surface area contributed by atoms with Gasteiger partial charge in [-0.25, -0.2) is 0 Å². The van der Waals surface area contributed by atoms with Crippen LogP contribution in [0.4, 0.5) is 0 Å². The second-order valence-electron chi connectivity index (χ2n) is 5.81. The van der Waals surface area contributed by atoms with Crippen LogP contribution in [0.2, 0.25) is 0 Å². The van der Waals surface area contributed by atoms with Gasteiger partial charge in [0, 0.05) is 32.2 Å². The Bertz CT molecular complexity index is 583. The minimum absolute atomic E-state index is 0.449. The maximum Gasteiger partial charge on any atom is 0.0383 e. The number of nitrogens with zero attached hydrogens (tertiary/aromatic N) is 1. The molecule has 22 heavy (non-hydrogen) atoms. The van der Waals surface area contributed by atoms with Crippen LogP contribution < -0.4 is 5.32 Å². The summed E-state index contributed by atoms with van der Waals surface area (Å²) < 4.78 is 0. The van der Waals surface area contributed by atoms with Crippen molar-refractivity contribution in [2.45, 2.75) is 12.5 Å². The summed E-state index contributed by atoms with van der Waals surface area (Å²) in [7, 11) is 0. The molecule has 1 fully saturated rings. The van der Waals surface area contributed by atoms with Crippen LogP contribution in [0.1, 0.15) is 18.0 Å². The average Bonchev–Trinajstić information content (AvgIpc) is 2.61. The van der Waals surface area contributed by atoms with Crippen molar-refractivity contribution in [2.75, 3.05) is 26.2 Å². The Labute approximate surface area is 133 Å². The fraction of sp³-hybridized carbons (Fsp3) is 0.300. The molecule has 114 valence electrons. The Kier molecular flexibility index (Phi) is 5.04. The highest BCUT2D eigenvalue weighted by atomic mass is 15.2. The summed E-state index contributed by atoms with van der Waals surface area (Å²) in [5.74, 6) is 0. The van der Waals surface area contributed by atoms with Crippen molar-refractivity contribution in [1.29, 1.82) is 0 Å². The van der Waals surface area contributed by atoms with Crippen LogP contribution in [0.3, 0.4) is 0 Å². The molecule has 0 unspecified atom stereocenters. The number of benzene rings is 2. The normalized spacial score (nSPS) is 17.1. The van der Waals surface area contributed by atoms with Gasteiger partial charge < -0.3 is 5.32 Å². The van der Waals surface area contributed by atoms with Gasteiger partial charge in [-0.1, -0.05) is 60.7 Å². The molecule has 2 aromatic rings. The summed E-state index contributed by atoms with van der Waals surface area (Å²) >= 11 is 0. The van der Waals surface area contributed by atoms with E-state index in [0.717, 1.165) is 32.6 Å². The predicted octanol–water partition coefficient (Wildman–Crippen LogP) is 3.88. The summed E-state index contributed by atoms with van der Waals surface area (Å²) in [5.41, 5.74) is 3.94. The molecule has 2 nitrogen and oxygen atoms in total. The van der Waals surface area contributed by atoms with E-state index in [1.165, 1.54) is 16.7 Å². The number of hydrogen-bond donors (Lipinski definition) is 1. The summed E-state index contributed by atoms with van der Waals surface area (Å²) in [6, 6.07) is 20.0. The monoisotopic (exact) mass is 292 g/mol. The molecule has 0 radical (unpaired) electrons. The molecule has 0 spiro atoms. The van der Waals surface area contributed by atoms with Gasteiger partial charge in [-0.3, -0.25) is 4.90 Å². The van der Waals surface area contributed by atoms with Crippen LogP contribution in [-0.4, -0.2) is 31.1 Å². The molecule has 1 aliphatic rings. The molecular formula is C20H24N2. The quantitative estimate of drug-likeness (QED) is 0.841. The van der Waals surface area contributed by atoms with E-state index in [9.17, 15) is 0 Å². The van der Waals surface area contributed by atoms with Crippen molar-refractivity contribution in [2.24, 2.45) is 0 Å². The van der Waals surface area contributed by atoms with Gasteiger partial charge in [-0.2, -0.15) is 0 Å². The minimum atomic E-state index is 0.449. The van der Waals surface area contributed by atoms with Gasteiger partial charge >= 0.3 is 0 Å². The highest BCUT2D eigenvalue weighted by Gasteiger charge is 2.20. The van der Waals surface area contributed by atoms with Gasteiger partial charge in [-0.15, -0.1) is 6.58 Å². The Morgan fingerprint density at radius 2 is 1.59 bits per heavy atom. The number of nitrogens with one attached hydrogen (secondary N) is 1. The van der Waals surface area contributed by atoms with E-state index in [1.54, 1.807) is 0 Å². The van der Waals surface area contributed by atoms with E-state index in [2.05, 4.69) is 71.4 Å². The lowest BCUT2D eigenvalue weighted by Gasteiger charge is -2.34. The molecule has 0 aromatic heterocycles. The molecule has 3 rings (SSSR count). The molecule has 1 atom stereocenters. The Hall–Kier alpha value is -1.90. The predicted molar refractivity (Wildman–Crippen MR) is 93.9 cm³/mol. The molecule has 1 saturated heterocycles. The van der Waals surface area contributed by atoms with Crippen molar-refractivity contribution in [3.63, 3.8) is 0 Å². The average molecular weight is 292 g/mol. The number of piperazine rings is 1. The fourth-order valence-corrected chi connectivity index (χ4v) is 3.18. The Balaban J connectivity index is 1.81. The molecule has 2 heteroatoms. The van der Waals surface area contributed by atoms with Crippen LogP contribution in [0.25, 0.3) is 11.1 Å². The van der Waals surface area contributed by atoms with E-state index in [1.807, 2.05) is 6.08 Å². The van der Waals surface area contributed by atoms with Crippen molar-refractivity contribution < 1.29 is 0 Å². The summed E-state index contributed by atoms with van der Waals surface area (Å²) in [6.07, 6.45) is 3.04. The third-order valence-electron chi connectivity index (χ3n) is 4.38. The number of rotatable bonds is 5. The zero-order chi connectivity index (χ0) is 15.2. The molecule has 1 N–H and O–H groups in total. The lowest BCUT2D eigenvalue weighted by atomic mass is 9.97. The summed E-state index contributed by atoms with van der Waals surface area (Å²) in [6.45, 7) is 8.32. The fourth-order valence-electron chi connectivity index (χ4n) is 3.18. The molecule has 0 aliphatic carbocycles. The largest absolute Gasteiger partial charge is 0.314 e. The first-order valence-electron chi connectivity index (χ1n) is 8.09. The van der Waals surface area contributed by atoms with E-state index in [0.29, 0.717) is 6.04 Å². The third kappa shape index (κ3) is 3.46. The van der Waals surface area contributed by atoms with Crippen molar-refractivity contribution in [3.05, 3.63) is 72.8 Å². The van der Waals surface area contributed by atoms with Crippen molar-refractivity contribution >= 4 is 0 Å². The Morgan fingerprint density at radius 1 is 0.955 bits per heavy atom. The van der Waals surface area contributed by atoms with E-state index >= 15 is 0 Å². The van der Waals surface area contributed by atoms with Gasteiger partial charge in [0.2, 0.25) is 0 Å². The van der Waals surface area contributed by atoms with E-state index < -0.39 is 0 Å². The topological polar surface area (TPSA) is 15.3 Å². The lowest BCUT2D eigenvalue weighted by molar-refractivity contribution is 0.174. The van der Waals surface area contributed by atoms with E-state index in [-0.39, 0.29) is 0 Å². The van der Waals surface area contributed by atoms with Crippen LogP contribution in [-0.2, 0) is 0 Å². The first kappa shape index (κ1) is 15.0. The molecule has 0 saturated carbocycles. The molecule has 1 aliphatic heterocycles. The summed E-state index contributed by atoms with van der Waals surface area (Å²) in [4.78, 5) is 2.57. The SMILES string of the molecule is C=CC[C@H](c1ccc(-c2ccccc2)cc1)N1CCNCC1. The molecule has 2 aromatic carbocycles. The Morgan fingerprint density at radius 3 is 2.23 bits per heavy atom. The first-order chi connectivity index (χ1) is 10.9. The molecule has 1 heterocycles. The van der Waals surface area contributed by atoms with E-state index in [4.69, 9.17) is 0 Å².